The van der Waals surface area contributed by atoms with Crippen molar-refractivity contribution in [1.29, 1.82) is 5.26 Å². The monoisotopic (exact) mass is 373 g/mol. The number of ether oxygens (including phenoxy) is 1. The van der Waals surface area contributed by atoms with Gasteiger partial charge in [-0.2, -0.15) is 10.2 Å². The number of benzene rings is 2. The van der Waals surface area contributed by atoms with Crippen LogP contribution in [0.5, 0.6) is 5.75 Å². The standard InChI is InChI=1S/C22H19N3O3/c1-11(2)27-18-7-6-12(8-13(18)10-23)22-24-21(25-28-22)15-5-3-4-14-19(15)16-9-17(16)20(14)26/h3-8,11,16-17,20,26H,9H2,1-2H3. The van der Waals surface area contributed by atoms with Crippen molar-refractivity contribution >= 4 is 0 Å². The molecule has 6 nitrogen and oxygen atoms in total. The molecule has 6 heteroatoms. The molecule has 28 heavy (non-hydrogen) atoms. The smallest absolute Gasteiger partial charge is 0.258 e. The fraction of sp³-hybridized carbons (Fsp3) is 0.318. The van der Waals surface area contributed by atoms with Gasteiger partial charge in [0, 0.05) is 11.1 Å². The molecule has 0 spiro atoms. The Morgan fingerprint density at radius 3 is 2.93 bits per heavy atom. The Balaban J connectivity index is 1.51. The third-order valence-corrected chi connectivity index (χ3v) is 5.45. The Bertz CT molecular complexity index is 1110. The molecule has 0 amide bonds. The van der Waals surface area contributed by atoms with Crippen molar-refractivity contribution in [3.63, 3.8) is 0 Å². The largest absolute Gasteiger partial charge is 0.490 e. The van der Waals surface area contributed by atoms with Gasteiger partial charge in [0.15, 0.2) is 0 Å². The fourth-order valence-electron chi connectivity index (χ4n) is 4.13. The Kier molecular flexibility index (Phi) is 3.74. The molecule has 3 aromatic rings. The SMILES string of the molecule is CC(C)Oc1ccc(-c2nc(-c3cccc4c3C3CC3C4O)no2)cc1C#N. The molecule has 1 saturated carbocycles. The first-order valence-corrected chi connectivity index (χ1v) is 9.43. The first kappa shape index (κ1) is 17.0. The first-order valence-electron chi connectivity index (χ1n) is 9.43. The van der Waals surface area contributed by atoms with E-state index in [0.717, 1.165) is 23.1 Å². The normalized spacial score (nSPS) is 21.9. The van der Waals surface area contributed by atoms with Crippen molar-refractivity contribution in [2.45, 2.75) is 38.4 Å². The lowest BCUT2D eigenvalue weighted by atomic mass is 9.98. The molecule has 0 saturated heterocycles. The van der Waals surface area contributed by atoms with E-state index in [2.05, 4.69) is 16.2 Å². The lowest BCUT2D eigenvalue weighted by Crippen LogP contribution is -2.06. The molecular formula is C22H19N3O3. The minimum atomic E-state index is -0.391. The van der Waals surface area contributed by atoms with Crippen LogP contribution in [0.3, 0.4) is 0 Å². The highest BCUT2D eigenvalue weighted by molar-refractivity contribution is 5.69. The average molecular weight is 373 g/mol. The van der Waals surface area contributed by atoms with Gasteiger partial charge in [-0.3, -0.25) is 0 Å². The van der Waals surface area contributed by atoms with E-state index >= 15 is 0 Å². The van der Waals surface area contributed by atoms with Gasteiger partial charge in [-0.1, -0.05) is 23.4 Å². The average Bonchev–Trinajstić information content (AvgIpc) is 3.24. The lowest BCUT2D eigenvalue weighted by molar-refractivity contribution is 0.160. The summed E-state index contributed by atoms with van der Waals surface area (Å²) in [5.74, 6) is 2.12. The van der Waals surface area contributed by atoms with Gasteiger partial charge < -0.3 is 14.4 Å². The summed E-state index contributed by atoms with van der Waals surface area (Å²) in [4.78, 5) is 4.56. The van der Waals surface area contributed by atoms with Crippen LogP contribution in [0.25, 0.3) is 22.8 Å². The van der Waals surface area contributed by atoms with Crippen LogP contribution in [0.1, 0.15) is 49.0 Å². The van der Waals surface area contributed by atoms with Gasteiger partial charge >= 0.3 is 0 Å². The van der Waals surface area contributed by atoms with Crippen molar-refractivity contribution < 1.29 is 14.4 Å². The molecule has 0 aliphatic heterocycles. The molecule has 1 heterocycles. The Hall–Kier alpha value is -3.17. The molecule has 3 unspecified atom stereocenters. The summed E-state index contributed by atoms with van der Waals surface area (Å²) in [5, 5.41) is 24.0. The summed E-state index contributed by atoms with van der Waals surface area (Å²) >= 11 is 0. The van der Waals surface area contributed by atoms with Crippen LogP contribution in [0.2, 0.25) is 0 Å². The van der Waals surface area contributed by atoms with Crippen molar-refractivity contribution in [3.05, 3.63) is 53.1 Å². The lowest BCUT2D eigenvalue weighted by Gasteiger charge is -2.11. The Labute approximate surface area is 162 Å². The predicted molar refractivity (Wildman–Crippen MR) is 101 cm³/mol. The molecule has 140 valence electrons. The van der Waals surface area contributed by atoms with Crippen molar-refractivity contribution in [1.82, 2.24) is 10.1 Å². The third-order valence-electron chi connectivity index (χ3n) is 5.45. The molecule has 3 atom stereocenters. The number of fused-ring (bicyclic) bond motifs is 3. The van der Waals surface area contributed by atoms with Gasteiger partial charge in [0.2, 0.25) is 5.82 Å². The molecule has 2 aliphatic carbocycles. The van der Waals surface area contributed by atoms with Crippen LogP contribution in [-0.4, -0.2) is 21.4 Å². The van der Waals surface area contributed by atoms with Crippen LogP contribution >= 0.6 is 0 Å². The van der Waals surface area contributed by atoms with Crippen molar-refractivity contribution in [2.24, 2.45) is 5.92 Å². The quantitative estimate of drug-likeness (QED) is 0.736. The number of hydrogen-bond acceptors (Lipinski definition) is 6. The van der Waals surface area contributed by atoms with E-state index < -0.39 is 6.10 Å². The van der Waals surface area contributed by atoms with E-state index in [0.29, 0.717) is 40.4 Å². The van der Waals surface area contributed by atoms with Crippen LogP contribution in [0.4, 0.5) is 0 Å². The Morgan fingerprint density at radius 2 is 2.14 bits per heavy atom. The minimum absolute atomic E-state index is 0.0188. The second-order valence-electron chi connectivity index (χ2n) is 7.67. The van der Waals surface area contributed by atoms with Crippen LogP contribution in [-0.2, 0) is 0 Å². The van der Waals surface area contributed by atoms with E-state index in [1.54, 1.807) is 12.1 Å². The van der Waals surface area contributed by atoms with Crippen LogP contribution < -0.4 is 4.74 Å². The summed E-state index contributed by atoms with van der Waals surface area (Å²) in [6.45, 7) is 3.83. The van der Waals surface area contributed by atoms with Gasteiger partial charge in [0.25, 0.3) is 5.89 Å². The molecule has 5 rings (SSSR count). The van der Waals surface area contributed by atoms with E-state index in [1.807, 2.05) is 38.1 Å². The minimum Gasteiger partial charge on any atom is -0.490 e. The zero-order valence-electron chi connectivity index (χ0n) is 15.6. The Morgan fingerprint density at radius 1 is 1.29 bits per heavy atom. The second-order valence-corrected chi connectivity index (χ2v) is 7.67. The first-order chi connectivity index (χ1) is 13.6. The summed E-state index contributed by atoms with van der Waals surface area (Å²) in [5.41, 5.74) is 4.13. The molecule has 2 aromatic carbocycles. The summed E-state index contributed by atoms with van der Waals surface area (Å²) in [6, 6.07) is 13.3. The van der Waals surface area contributed by atoms with Gasteiger partial charge in [-0.25, -0.2) is 0 Å². The van der Waals surface area contributed by atoms with Gasteiger partial charge in [-0.15, -0.1) is 0 Å². The van der Waals surface area contributed by atoms with Crippen LogP contribution in [0, 0.1) is 17.2 Å². The molecule has 0 bridgehead atoms. The van der Waals surface area contributed by atoms with Crippen LogP contribution in [0.15, 0.2) is 40.9 Å². The van der Waals surface area contributed by atoms with E-state index in [1.165, 1.54) is 0 Å². The molecule has 2 aliphatic rings. The third kappa shape index (κ3) is 2.59. The van der Waals surface area contributed by atoms with E-state index in [4.69, 9.17) is 9.26 Å². The summed E-state index contributed by atoms with van der Waals surface area (Å²) in [6.07, 6.45) is 0.603. The topological polar surface area (TPSA) is 92.2 Å². The zero-order chi connectivity index (χ0) is 19.4. The number of aliphatic hydroxyl groups excluding tert-OH is 1. The second kappa shape index (κ2) is 6.18. The predicted octanol–water partition coefficient (Wildman–Crippen LogP) is 4.21. The van der Waals surface area contributed by atoms with Crippen molar-refractivity contribution in [2.75, 3.05) is 0 Å². The summed E-state index contributed by atoms with van der Waals surface area (Å²) < 4.78 is 11.2. The molecule has 1 N–H and O–H groups in total. The van der Waals surface area contributed by atoms with Gasteiger partial charge in [-0.05, 0) is 61.4 Å². The maximum absolute atomic E-state index is 10.4. The van der Waals surface area contributed by atoms with Gasteiger partial charge in [0.05, 0.1) is 17.8 Å². The van der Waals surface area contributed by atoms with Crippen molar-refractivity contribution in [3.8, 4) is 34.7 Å². The molecule has 0 radical (unpaired) electrons. The zero-order valence-corrected chi connectivity index (χ0v) is 15.6. The van der Waals surface area contributed by atoms with Gasteiger partial charge in [0.1, 0.15) is 11.8 Å². The maximum Gasteiger partial charge on any atom is 0.258 e. The molecular weight excluding hydrogens is 354 g/mol. The number of hydrogen-bond donors (Lipinski definition) is 1. The number of aliphatic hydroxyl groups is 1. The fourth-order valence-corrected chi connectivity index (χ4v) is 4.13. The number of aromatic nitrogens is 2. The molecule has 1 fully saturated rings. The van der Waals surface area contributed by atoms with E-state index in [9.17, 15) is 10.4 Å². The highest BCUT2D eigenvalue weighted by Gasteiger charge is 2.52. The number of rotatable bonds is 4. The molecule has 1 aromatic heterocycles. The number of nitrogens with zero attached hydrogens (tertiary/aromatic N) is 3. The van der Waals surface area contributed by atoms with E-state index in [-0.39, 0.29) is 6.10 Å². The number of nitriles is 1. The highest BCUT2D eigenvalue weighted by Crippen LogP contribution is 2.63. The maximum atomic E-state index is 10.4. The summed E-state index contributed by atoms with van der Waals surface area (Å²) in [7, 11) is 0. The highest BCUT2D eigenvalue weighted by atomic mass is 16.5.